The molecule has 0 amide bonds. The van der Waals surface area contributed by atoms with E-state index in [4.69, 9.17) is 0 Å². The van der Waals surface area contributed by atoms with E-state index >= 15 is 0 Å². The largest absolute Gasteiger partial charge is 1.00 e. The molecule has 0 aromatic heterocycles. The Morgan fingerprint density at radius 2 is 1.69 bits per heavy atom. The van der Waals surface area contributed by atoms with Gasteiger partial charge in [-0.05, 0) is 12.1 Å². The average molecular weight is 268 g/mol. The Morgan fingerprint density at radius 3 is 2.06 bits per heavy atom. The van der Waals surface area contributed by atoms with Crippen molar-refractivity contribution < 1.29 is 82.2 Å². The Morgan fingerprint density at radius 1 is 1.12 bits per heavy atom. The maximum absolute atomic E-state index is 12.8. The molecule has 0 atom stereocenters. The van der Waals surface area contributed by atoms with E-state index in [1.165, 1.54) is 0 Å². The molecule has 84 valence electrons. The van der Waals surface area contributed by atoms with Gasteiger partial charge in [-0.25, -0.2) is 4.39 Å². The molecule has 0 unspecified atom stereocenters. The minimum Gasteiger partial charge on any atom is -0.445 e. The van der Waals surface area contributed by atoms with Crippen molar-refractivity contribution in [2.75, 3.05) is 0 Å². The van der Waals surface area contributed by atoms with Gasteiger partial charge in [0.1, 0.15) is 0 Å². The van der Waals surface area contributed by atoms with Gasteiger partial charge in [-0.15, -0.1) is 5.46 Å². The van der Waals surface area contributed by atoms with Gasteiger partial charge in [-0.3, -0.25) is 0 Å². The van der Waals surface area contributed by atoms with Crippen LogP contribution in [0.3, 0.4) is 0 Å². The van der Waals surface area contributed by atoms with Crippen LogP contribution in [0.25, 0.3) is 0 Å². The molecular formula is C7H4BF6KO. The van der Waals surface area contributed by atoms with E-state index in [0.717, 1.165) is 0 Å². The van der Waals surface area contributed by atoms with Crippen LogP contribution in [-0.2, 0) is 0 Å². The van der Waals surface area contributed by atoms with Gasteiger partial charge in [-0.1, -0.05) is 6.07 Å². The number of alkyl halides is 2. The summed E-state index contributed by atoms with van der Waals surface area (Å²) in [6.07, 6.45) is 0. The van der Waals surface area contributed by atoms with Crippen molar-refractivity contribution in [1.29, 1.82) is 0 Å². The Kier molecular flexibility index (Phi) is 6.41. The second-order valence-electron chi connectivity index (χ2n) is 2.64. The van der Waals surface area contributed by atoms with Gasteiger partial charge in [0.15, 0.2) is 11.6 Å². The molecule has 0 heterocycles. The number of hydrogen-bond acceptors (Lipinski definition) is 1. The zero-order valence-corrected chi connectivity index (χ0v) is 11.2. The minimum absolute atomic E-state index is 0. The first kappa shape index (κ1) is 16.3. The number of halogens is 6. The van der Waals surface area contributed by atoms with Crippen molar-refractivity contribution in [3.05, 3.63) is 24.0 Å². The summed E-state index contributed by atoms with van der Waals surface area (Å²) in [7, 11) is 0. The fourth-order valence-electron chi connectivity index (χ4n) is 0.912. The molecule has 0 fully saturated rings. The monoisotopic (exact) mass is 268 g/mol. The average Bonchev–Trinajstić information content (AvgIpc) is 2.05. The summed E-state index contributed by atoms with van der Waals surface area (Å²) in [6.45, 7) is -8.62. The van der Waals surface area contributed by atoms with E-state index in [0.29, 0.717) is 12.1 Å². The molecule has 1 aromatic carbocycles. The molecule has 1 aromatic rings. The van der Waals surface area contributed by atoms with Gasteiger partial charge >= 0.3 is 65.0 Å². The number of hydrogen-bond donors (Lipinski definition) is 0. The SMILES string of the molecule is Fc1cc([B-](F)(F)F)ccc1OC(F)F.[K+]. The van der Waals surface area contributed by atoms with Crippen LogP contribution in [0.1, 0.15) is 0 Å². The minimum atomic E-state index is -5.34. The van der Waals surface area contributed by atoms with E-state index in [-0.39, 0.29) is 57.5 Å². The van der Waals surface area contributed by atoms with Gasteiger partial charge in [-0.2, -0.15) is 8.78 Å². The Labute approximate surface area is 130 Å². The van der Waals surface area contributed by atoms with Gasteiger partial charge in [0, 0.05) is 0 Å². The van der Waals surface area contributed by atoms with E-state index in [1.54, 1.807) is 0 Å². The van der Waals surface area contributed by atoms with Crippen molar-refractivity contribution in [3.8, 4) is 5.75 Å². The molecule has 0 N–H and O–H groups in total. The van der Waals surface area contributed by atoms with Crippen molar-refractivity contribution >= 4 is 12.4 Å². The van der Waals surface area contributed by atoms with Crippen molar-refractivity contribution in [2.45, 2.75) is 6.61 Å². The number of benzene rings is 1. The molecule has 1 rings (SSSR count). The molecule has 0 aliphatic heterocycles. The molecule has 9 heteroatoms. The molecule has 16 heavy (non-hydrogen) atoms. The Hall–Kier alpha value is 0.301. The standard InChI is InChI=1S/C7H4BF6O.K/c9-5-3-4(8(12,13)14)1-2-6(5)15-7(10)11;/h1-3,7H;/q-1;+1. The third kappa shape index (κ3) is 4.66. The smallest absolute Gasteiger partial charge is 0.445 e. The summed E-state index contributed by atoms with van der Waals surface area (Å²) < 4.78 is 75.9. The van der Waals surface area contributed by atoms with Crippen LogP contribution in [-0.4, -0.2) is 13.6 Å². The molecule has 0 spiro atoms. The third-order valence-corrected chi connectivity index (χ3v) is 1.55. The predicted octanol–water partition coefficient (Wildman–Crippen LogP) is -0.515. The summed E-state index contributed by atoms with van der Waals surface area (Å²) in [5.41, 5.74) is -1.20. The summed E-state index contributed by atoms with van der Waals surface area (Å²) in [5.74, 6) is -2.37. The molecule has 0 bridgehead atoms. The normalized spacial score (nSPS) is 11.2. The Bertz CT molecular complexity index is 355. The molecule has 1 nitrogen and oxygen atoms in total. The number of rotatable bonds is 3. The molecular weight excluding hydrogens is 264 g/mol. The Balaban J connectivity index is 0.00000225. The molecule has 0 saturated carbocycles. The zero-order chi connectivity index (χ0) is 11.6. The van der Waals surface area contributed by atoms with Gasteiger partial charge < -0.3 is 17.7 Å². The van der Waals surface area contributed by atoms with Crippen LogP contribution in [0.15, 0.2) is 18.2 Å². The van der Waals surface area contributed by atoms with Crippen LogP contribution in [0, 0.1) is 5.82 Å². The van der Waals surface area contributed by atoms with Gasteiger partial charge in [0.25, 0.3) is 0 Å². The fourth-order valence-corrected chi connectivity index (χ4v) is 0.912. The maximum Gasteiger partial charge on any atom is 1.00 e. The first-order valence-electron chi connectivity index (χ1n) is 3.75. The topological polar surface area (TPSA) is 9.23 Å². The molecule has 0 aliphatic rings. The van der Waals surface area contributed by atoms with E-state index in [1.807, 2.05) is 0 Å². The maximum atomic E-state index is 12.8. The summed E-state index contributed by atoms with van der Waals surface area (Å²) in [5, 5.41) is 0. The van der Waals surface area contributed by atoms with Crippen LogP contribution in [0.4, 0.5) is 26.1 Å². The summed E-state index contributed by atoms with van der Waals surface area (Å²) in [4.78, 5) is 0. The fraction of sp³-hybridized carbons (Fsp3) is 0.143. The van der Waals surface area contributed by atoms with Gasteiger partial charge in [0.05, 0.1) is 0 Å². The predicted molar refractivity (Wildman–Crippen MR) is 41.7 cm³/mol. The first-order valence-corrected chi connectivity index (χ1v) is 3.75. The number of ether oxygens (including phenoxy) is 1. The van der Waals surface area contributed by atoms with Crippen molar-refractivity contribution in [3.63, 3.8) is 0 Å². The first-order chi connectivity index (χ1) is 6.80. The molecule has 0 radical (unpaired) electrons. The molecule has 0 aliphatic carbocycles. The zero-order valence-electron chi connectivity index (χ0n) is 8.06. The summed E-state index contributed by atoms with van der Waals surface area (Å²) >= 11 is 0. The van der Waals surface area contributed by atoms with Crippen molar-refractivity contribution in [2.24, 2.45) is 0 Å². The quantitative estimate of drug-likeness (QED) is 0.530. The second-order valence-corrected chi connectivity index (χ2v) is 2.64. The van der Waals surface area contributed by atoms with Crippen LogP contribution >= 0.6 is 0 Å². The third-order valence-electron chi connectivity index (χ3n) is 1.55. The van der Waals surface area contributed by atoms with Gasteiger partial charge in [0.2, 0.25) is 0 Å². The molecule has 0 saturated heterocycles. The van der Waals surface area contributed by atoms with Crippen LogP contribution in [0.5, 0.6) is 5.75 Å². The van der Waals surface area contributed by atoms with E-state index in [2.05, 4.69) is 4.74 Å². The van der Waals surface area contributed by atoms with Crippen LogP contribution in [0.2, 0.25) is 0 Å². The van der Waals surface area contributed by atoms with E-state index in [9.17, 15) is 26.1 Å². The van der Waals surface area contributed by atoms with Crippen molar-refractivity contribution in [1.82, 2.24) is 0 Å². The van der Waals surface area contributed by atoms with Crippen LogP contribution < -0.4 is 61.6 Å². The second kappa shape index (κ2) is 6.29. The summed E-state index contributed by atoms with van der Waals surface area (Å²) in [6, 6.07) is 1.13. The van der Waals surface area contributed by atoms with E-state index < -0.39 is 30.6 Å².